The van der Waals surface area contributed by atoms with Crippen LogP contribution in [0.1, 0.15) is 29.2 Å². The monoisotopic (exact) mass is 444 g/mol. The van der Waals surface area contributed by atoms with Crippen LogP contribution in [-0.2, 0) is 19.4 Å². The molecule has 8 heteroatoms. The number of sulfone groups is 1. The normalized spacial score (nSPS) is 23.6. The molecule has 2 saturated heterocycles. The van der Waals surface area contributed by atoms with E-state index in [1.165, 1.54) is 23.1 Å². The van der Waals surface area contributed by atoms with E-state index < -0.39 is 26.8 Å². The van der Waals surface area contributed by atoms with Crippen LogP contribution >= 0.6 is 0 Å². The Bertz CT molecular complexity index is 1100. The summed E-state index contributed by atoms with van der Waals surface area (Å²) in [6.45, 7) is 2.51. The van der Waals surface area contributed by atoms with Gasteiger partial charge in [-0.25, -0.2) is 12.8 Å². The smallest absolute Gasteiger partial charge is 0.228 e. The van der Waals surface area contributed by atoms with Gasteiger partial charge in [0.15, 0.2) is 9.84 Å². The number of anilines is 1. The number of rotatable bonds is 3. The first-order valence-electron chi connectivity index (χ1n) is 10.4. The Morgan fingerprint density at radius 3 is 2.48 bits per heavy atom. The van der Waals surface area contributed by atoms with E-state index in [0.717, 1.165) is 11.3 Å². The van der Waals surface area contributed by atoms with Gasteiger partial charge in [-0.05, 0) is 31.5 Å². The first-order valence-corrected chi connectivity index (χ1v) is 12.1. The van der Waals surface area contributed by atoms with Gasteiger partial charge in [0.25, 0.3) is 0 Å². The molecule has 2 aromatic rings. The van der Waals surface area contributed by atoms with Crippen molar-refractivity contribution in [1.82, 2.24) is 4.90 Å². The van der Waals surface area contributed by atoms with Crippen LogP contribution in [0.25, 0.3) is 0 Å². The van der Waals surface area contributed by atoms with E-state index in [-0.39, 0.29) is 55.6 Å². The average Bonchev–Trinajstić information content (AvgIpc) is 3.05. The molecule has 0 saturated carbocycles. The summed E-state index contributed by atoms with van der Waals surface area (Å²) in [7, 11) is -3.61. The summed E-state index contributed by atoms with van der Waals surface area (Å²) >= 11 is 0. The van der Waals surface area contributed by atoms with E-state index in [0.29, 0.717) is 0 Å². The Kier molecular flexibility index (Phi) is 5.83. The maximum absolute atomic E-state index is 14.2. The predicted octanol–water partition coefficient (Wildman–Crippen LogP) is 2.88. The van der Waals surface area contributed by atoms with Crippen molar-refractivity contribution in [2.24, 2.45) is 5.92 Å². The Balaban J connectivity index is 1.48. The molecule has 2 unspecified atom stereocenters. The quantitative estimate of drug-likeness (QED) is 0.730. The molecule has 0 aliphatic carbocycles. The highest BCUT2D eigenvalue weighted by molar-refractivity contribution is 7.91. The number of hydrogen-bond acceptors (Lipinski definition) is 4. The van der Waals surface area contributed by atoms with Crippen LogP contribution in [0, 0.1) is 18.7 Å². The van der Waals surface area contributed by atoms with Crippen LogP contribution in [0.2, 0.25) is 0 Å². The zero-order valence-electron chi connectivity index (χ0n) is 17.3. The number of carbonyl (C=O) groups is 2. The van der Waals surface area contributed by atoms with Crippen molar-refractivity contribution >= 4 is 27.3 Å². The van der Waals surface area contributed by atoms with Crippen LogP contribution in [0.15, 0.2) is 48.5 Å². The van der Waals surface area contributed by atoms with Gasteiger partial charge in [0.1, 0.15) is 5.82 Å². The van der Waals surface area contributed by atoms with Crippen LogP contribution in [0.5, 0.6) is 0 Å². The van der Waals surface area contributed by atoms with Gasteiger partial charge in [-0.15, -0.1) is 0 Å². The van der Waals surface area contributed by atoms with E-state index >= 15 is 0 Å². The Morgan fingerprint density at radius 1 is 1.06 bits per heavy atom. The molecule has 2 aromatic carbocycles. The minimum atomic E-state index is -3.61. The molecule has 0 spiro atoms. The second kappa shape index (κ2) is 8.42. The summed E-state index contributed by atoms with van der Waals surface area (Å²) in [5.41, 5.74) is 1.99. The molecule has 2 amide bonds. The predicted molar refractivity (Wildman–Crippen MR) is 116 cm³/mol. The summed E-state index contributed by atoms with van der Waals surface area (Å²) < 4.78 is 39.8. The van der Waals surface area contributed by atoms with Crippen molar-refractivity contribution in [2.75, 3.05) is 30.3 Å². The SMILES string of the molecule is Cc1ccc(N2CC(C(=O)N3CCC(c4ccccc4F)S(=O)(=O)CC3)CC2=O)cc1. The number of hydrogen-bond donors (Lipinski definition) is 0. The lowest BCUT2D eigenvalue weighted by atomic mass is 10.1. The number of benzene rings is 2. The first kappa shape index (κ1) is 21.5. The minimum absolute atomic E-state index is 0.0569. The Labute approximate surface area is 181 Å². The van der Waals surface area contributed by atoms with Gasteiger partial charge in [0.05, 0.1) is 16.9 Å². The fourth-order valence-electron chi connectivity index (χ4n) is 4.36. The second-order valence-electron chi connectivity index (χ2n) is 8.23. The fraction of sp³-hybridized carbons (Fsp3) is 0.391. The topological polar surface area (TPSA) is 74.8 Å². The highest BCUT2D eigenvalue weighted by Crippen LogP contribution is 2.32. The molecule has 0 N–H and O–H groups in total. The number of nitrogens with zero attached hydrogens (tertiary/aromatic N) is 2. The van der Waals surface area contributed by atoms with Gasteiger partial charge >= 0.3 is 0 Å². The summed E-state index contributed by atoms with van der Waals surface area (Å²) in [4.78, 5) is 28.8. The zero-order valence-corrected chi connectivity index (χ0v) is 18.1. The number of carbonyl (C=O) groups excluding carboxylic acids is 2. The minimum Gasteiger partial charge on any atom is -0.341 e. The van der Waals surface area contributed by atoms with Crippen molar-refractivity contribution < 1.29 is 22.4 Å². The maximum Gasteiger partial charge on any atom is 0.228 e. The molecule has 2 atom stereocenters. The standard InChI is InChI=1S/C23H25FN2O4S/c1-16-6-8-18(9-7-16)26-15-17(14-22(26)27)23(28)25-11-10-21(31(29,30)13-12-25)19-4-2-3-5-20(19)24/h2-9,17,21H,10-15H2,1H3. The molecule has 2 aliphatic rings. The number of halogens is 1. The molecule has 31 heavy (non-hydrogen) atoms. The van der Waals surface area contributed by atoms with Crippen LogP contribution in [0.3, 0.4) is 0 Å². The third kappa shape index (κ3) is 4.35. The molecule has 0 aromatic heterocycles. The summed E-state index contributed by atoms with van der Waals surface area (Å²) in [6.07, 6.45) is 0.240. The molecule has 0 radical (unpaired) electrons. The van der Waals surface area contributed by atoms with Crippen LogP contribution in [0.4, 0.5) is 10.1 Å². The maximum atomic E-state index is 14.2. The Hall–Kier alpha value is -2.74. The third-order valence-corrected chi connectivity index (χ3v) is 8.23. The molecular formula is C23H25FN2O4S. The average molecular weight is 445 g/mol. The van der Waals surface area contributed by atoms with Gasteiger partial charge < -0.3 is 9.80 Å². The lowest BCUT2D eigenvalue weighted by Gasteiger charge is -2.23. The summed E-state index contributed by atoms with van der Waals surface area (Å²) in [5.74, 6) is -1.62. The van der Waals surface area contributed by atoms with Crippen molar-refractivity contribution in [3.8, 4) is 0 Å². The molecule has 2 aliphatic heterocycles. The molecule has 2 heterocycles. The van der Waals surface area contributed by atoms with Crippen molar-refractivity contribution in [1.29, 1.82) is 0 Å². The summed E-state index contributed by atoms with van der Waals surface area (Å²) in [6, 6.07) is 13.4. The van der Waals surface area contributed by atoms with Gasteiger partial charge in [-0.2, -0.15) is 0 Å². The number of amides is 2. The molecular weight excluding hydrogens is 419 g/mol. The van der Waals surface area contributed by atoms with Crippen molar-refractivity contribution in [3.05, 3.63) is 65.5 Å². The Morgan fingerprint density at radius 2 is 1.77 bits per heavy atom. The van der Waals surface area contributed by atoms with Crippen LogP contribution in [-0.4, -0.2) is 50.5 Å². The van der Waals surface area contributed by atoms with Crippen LogP contribution < -0.4 is 4.90 Å². The summed E-state index contributed by atoms with van der Waals surface area (Å²) in [5, 5.41) is -0.972. The largest absolute Gasteiger partial charge is 0.341 e. The lowest BCUT2D eigenvalue weighted by molar-refractivity contribution is -0.135. The van der Waals surface area contributed by atoms with E-state index in [4.69, 9.17) is 0 Å². The van der Waals surface area contributed by atoms with Gasteiger partial charge in [-0.3, -0.25) is 9.59 Å². The first-order chi connectivity index (χ1) is 14.8. The van der Waals surface area contributed by atoms with Crippen molar-refractivity contribution in [2.45, 2.75) is 25.0 Å². The van der Waals surface area contributed by atoms with Gasteiger partial charge in [0.2, 0.25) is 11.8 Å². The van der Waals surface area contributed by atoms with E-state index in [9.17, 15) is 22.4 Å². The van der Waals surface area contributed by atoms with E-state index in [1.807, 2.05) is 31.2 Å². The number of aryl methyl sites for hydroxylation is 1. The molecule has 2 fully saturated rings. The highest BCUT2D eigenvalue weighted by Gasteiger charge is 2.40. The third-order valence-electron chi connectivity index (χ3n) is 6.12. The van der Waals surface area contributed by atoms with Gasteiger partial charge in [-0.1, -0.05) is 35.9 Å². The van der Waals surface area contributed by atoms with E-state index in [1.54, 1.807) is 11.0 Å². The molecule has 0 bridgehead atoms. The van der Waals surface area contributed by atoms with Gasteiger partial charge in [0, 0.05) is 37.3 Å². The highest BCUT2D eigenvalue weighted by atomic mass is 32.2. The zero-order chi connectivity index (χ0) is 22.2. The van der Waals surface area contributed by atoms with Crippen molar-refractivity contribution in [3.63, 3.8) is 0 Å². The molecule has 4 rings (SSSR count). The second-order valence-corrected chi connectivity index (χ2v) is 10.5. The fourth-order valence-corrected chi connectivity index (χ4v) is 6.16. The molecule has 164 valence electrons. The molecule has 6 nitrogen and oxygen atoms in total. The lowest BCUT2D eigenvalue weighted by Crippen LogP contribution is -2.39. The van der Waals surface area contributed by atoms with E-state index in [2.05, 4.69) is 0 Å².